The molecule has 0 bridgehead atoms. The smallest absolute Gasteiger partial charge is 0.313 e. The number of nitrogens with one attached hydrogen (secondary N) is 1. The van der Waals surface area contributed by atoms with Crippen molar-refractivity contribution in [3.05, 3.63) is 57.8 Å². The van der Waals surface area contributed by atoms with Crippen LogP contribution in [-0.2, 0) is 15.6 Å². The molecule has 142 valence electrons. The number of carbonyl (C=O) groups is 1. The number of anilines is 1. The van der Waals surface area contributed by atoms with E-state index in [1.807, 2.05) is 6.07 Å². The summed E-state index contributed by atoms with van der Waals surface area (Å²) in [6, 6.07) is 11.7. The summed E-state index contributed by atoms with van der Waals surface area (Å²) in [5.41, 5.74) is -0.163. The molecule has 0 radical (unpaired) electrons. The summed E-state index contributed by atoms with van der Waals surface area (Å²) in [5.74, 6) is -1.69. The molecule has 10 heteroatoms. The molecule has 0 saturated heterocycles. The van der Waals surface area contributed by atoms with Crippen molar-refractivity contribution in [3.63, 3.8) is 0 Å². The van der Waals surface area contributed by atoms with Gasteiger partial charge in [0, 0.05) is 11.1 Å². The predicted octanol–water partition coefficient (Wildman–Crippen LogP) is 2.25. The van der Waals surface area contributed by atoms with Crippen molar-refractivity contribution in [1.29, 1.82) is 0 Å². The van der Waals surface area contributed by atoms with Crippen molar-refractivity contribution in [2.24, 2.45) is 11.0 Å². The van der Waals surface area contributed by atoms with Gasteiger partial charge in [-0.25, -0.2) is 14.2 Å². The van der Waals surface area contributed by atoms with Crippen molar-refractivity contribution in [3.8, 4) is 0 Å². The molecule has 0 saturated carbocycles. The Morgan fingerprint density at radius 3 is 2.71 bits per heavy atom. The van der Waals surface area contributed by atoms with Gasteiger partial charge < -0.3 is 5.11 Å². The third kappa shape index (κ3) is 3.30. The van der Waals surface area contributed by atoms with Gasteiger partial charge in [0.2, 0.25) is 5.95 Å². The van der Waals surface area contributed by atoms with Crippen LogP contribution in [0.1, 0.15) is 0 Å². The van der Waals surface area contributed by atoms with E-state index in [9.17, 15) is 13.8 Å². The van der Waals surface area contributed by atoms with E-state index in [1.165, 1.54) is 23.4 Å². The van der Waals surface area contributed by atoms with Crippen molar-refractivity contribution < 1.29 is 14.1 Å². The van der Waals surface area contributed by atoms with Crippen LogP contribution in [0, 0.1) is 5.92 Å². The SMILES string of the molecule is O=C(O)C1C=NN(c2nc3cc(S(=O)c4ccccc4)c(Cl)cc3c(=O)[nH]2)C1. The van der Waals surface area contributed by atoms with Crippen LogP contribution < -0.4 is 10.6 Å². The molecule has 2 aromatic carbocycles. The van der Waals surface area contributed by atoms with Gasteiger partial charge in [-0.05, 0) is 24.3 Å². The summed E-state index contributed by atoms with van der Waals surface area (Å²) in [5, 5.41) is 14.8. The summed E-state index contributed by atoms with van der Waals surface area (Å²) in [7, 11) is -1.55. The first-order valence-corrected chi connectivity index (χ1v) is 9.71. The minimum absolute atomic E-state index is 0.0557. The number of nitrogens with zero attached hydrogens (tertiary/aromatic N) is 3. The topological polar surface area (TPSA) is 116 Å². The number of halogens is 1. The van der Waals surface area contributed by atoms with E-state index >= 15 is 0 Å². The summed E-state index contributed by atoms with van der Waals surface area (Å²) < 4.78 is 12.9. The van der Waals surface area contributed by atoms with Crippen LogP contribution in [0.5, 0.6) is 0 Å². The Kier molecular flexibility index (Phi) is 4.70. The number of carboxylic acid groups (broad SMARTS) is 1. The molecular formula is C18H13ClN4O4S. The van der Waals surface area contributed by atoms with Gasteiger partial charge in [0.1, 0.15) is 5.92 Å². The Hall–Kier alpha value is -3.04. The van der Waals surface area contributed by atoms with Gasteiger partial charge >= 0.3 is 5.97 Å². The van der Waals surface area contributed by atoms with E-state index < -0.39 is 28.2 Å². The number of aliphatic carboxylic acids is 1. The van der Waals surface area contributed by atoms with Crippen LogP contribution in [0.25, 0.3) is 10.9 Å². The number of fused-ring (bicyclic) bond motifs is 1. The first-order valence-electron chi connectivity index (χ1n) is 8.19. The van der Waals surface area contributed by atoms with Crippen LogP contribution in [0.3, 0.4) is 0 Å². The van der Waals surface area contributed by atoms with E-state index in [2.05, 4.69) is 15.1 Å². The quantitative estimate of drug-likeness (QED) is 0.673. The van der Waals surface area contributed by atoms with Gasteiger partial charge in [-0.15, -0.1) is 0 Å². The first-order chi connectivity index (χ1) is 13.4. The highest BCUT2D eigenvalue weighted by Gasteiger charge is 2.26. The van der Waals surface area contributed by atoms with E-state index in [4.69, 9.17) is 16.7 Å². The highest BCUT2D eigenvalue weighted by Crippen LogP contribution is 2.28. The molecule has 2 atom stereocenters. The minimum atomic E-state index is -1.55. The molecule has 1 aliphatic heterocycles. The highest BCUT2D eigenvalue weighted by molar-refractivity contribution is 7.85. The lowest BCUT2D eigenvalue weighted by molar-refractivity contribution is -0.138. The van der Waals surface area contributed by atoms with Gasteiger partial charge in [-0.2, -0.15) is 5.10 Å². The number of benzene rings is 2. The summed E-state index contributed by atoms with van der Waals surface area (Å²) >= 11 is 6.27. The fraction of sp³-hybridized carbons (Fsp3) is 0.111. The molecule has 1 aromatic heterocycles. The van der Waals surface area contributed by atoms with Crippen molar-refractivity contribution >= 4 is 51.4 Å². The lowest BCUT2D eigenvalue weighted by Gasteiger charge is -2.14. The normalized spacial score (nSPS) is 17.2. The summed E-state index contributed by atoms with van der Waals surface area (Å²) in [6.07, 6.45) is 1.28. The Morgan fingerprint density at radius 1 is 1.29 bits per heavy atom. The number of carboxylic acids is 1. The first kappa shape index (κ1) is 18.3. The molecule has 3 aromatic rings. The van der Waals surface area contributed by atoms with Crippen molar-refractivity contribution in [2.75, 3.05) is 11.6 Å². The molecular weight excluding hydrogens is 404 g/mol. The second-order valence-electron chi connectivity index (χ2n) is 6.06. The number of aromatic amines is 1. The molecule has 8 nitrogen and oxygen atoms in total. The van der Waals surface area contributed by atoms with E-state index in [1.54, 1.807) is 24.3 Å². The Bertz CT molecular complexity index is 1200. The van der Waals surface area contributed by atoms with Crippen LogP contribution in [0.4, 0.5) is 5.95 Å². The average Bonchev–Trinajstić information content (AvgIpc) is 3.19. The Labute approximate surface area is 165 Å². The van der Waals surface area contributed by atoms with E-state index in [0.29, 0.717) is 9.79 Å². The lowest BCUT2D eigenvalue weighted by atomic mass is 10.2. The van der Waals surface area contributed by atoms with Crippen molar-refractivity contribution in [1.82, 2.24) is 9.97 Å². The van der Waals surface area contributed by atoms with Crippen LogP contribution in [-0.4, -0.2) is 38.0 Å². The number of H-pyrrole nitrogens is 1. The highest BCUT2D eigenvalue weighted by atomic mass is 35.5. The largest absolute Gasteiger partial charge is 0.481 e. The molecule has 0 fully saturated rings. The second-order valence-corrected chi connectivity index (χ2v) is 7.92. The maximum atomic E-state index is 12.9. The van der Waals surface area contributed by atoms with Crippen LogP contribution in [0.15, 0.2) is 62.2 Å². The fourth-order valence-corrected chi connectivity index (χ4v) is 4.27. The van der Waals surface area contributed by atoms with Gasteiger partial charge in [0.25, 0.3) is 5.56 Å². The third-order valence-corrected chi connectivity index (χ3v) is 6.08. The maximum Gasteiger partial charge on any atom is 0.313 e. The zero-order valence-corrected chi connectivity index (χ0v) is 15.8. The number of hydrogen-bond acceptors (Lipinski definition) is 6. The standard InChI is InChI=1S/C18H13ClN4O4S/c19-13-6-12-14(7-15(13)28(27)11-4-2-1-3-5-11)21-18(22-16(12)24)23-9-10(8-20-23)17(25)26/h1-8,10H,9H2,(H,25,26)(H,21,22,24). The summed E-state index contributed by atoms with van der Waals surface area (Å²) in [4.78, 5) is 31.4. The molecule has 0 aliphatic carbocycles. The van der Waals surface area contributed by atoms with Gasteiger partial charge in [-0.1, -0.05) is 29.8 Å². The molecule has 28 heavy (non-hydrogen) atoms. The number of hydrogen-bond donors (Lipinski definition) is 2. The Morgan fingerprint density at radius 2 is 2.04 bits per heavy atom. The second kappa shape index (κ2) is 7.17. The Balaban J connectivity index is 1.78. The van der Waals surface area contributed by atoms with Crippen molar-refractivity contribution in [2.45, 2.75) is 9.79 Å². The molecule has 2 unspecified atom stereocenters. The molecule has 1 aliphatic rings. The van der Waals surface area contributed by atoms with E-state index in [-0.39, 0.29) is 28.4 Å². The molecule has 0 amide bonds. The summed E-state index contributed by atoms with van der Waals surface area (Å²) in [6.45, 7) is 0.0557. The number of aromatic nitrogens is 2. The number of rotatable bonds is 4. The molecule has 0 spiro atoms. The van der Waals surface area contributed by atoms with Crippen LogP contribution >= 0.6 is 11.6 Å². The zero-order chi connectivity index (χ0) is 19.8. The maximum absolute atomic E-state index is 12.9. The molecule has 2 heterocycles. The third-order valence-electron chi connectivity index (χ3n) is 4.22. The predicted molar refractivity (Wildman–Crippen MR) is 105 cm³/mol. The monoisotopic (exact) mass is 416 g/mol. The molecule has 4 rings (SSSR count). The lowest BCUT2D eigenvalue weighted by Crippen LogP contribution is -2.26. The average molecular weight is 417 g/mol. The molecule has 2 N–H and O–H groups in total. The number of hydrazone groups is 1. The van der Waals surface area contributed by atoms with E-state index in [0.717, 1.165) is 0 Å². The van der Waals surface area contributed by atoms with Crippen LogP contribution in [0.2, 0.25) is 5.02 Å². The zero-order valence-electron chi connectivity index (χ0n) is 14.2. The van der Waals surface area contributed by atoms with Gasteiger partial charge in [0.05, 0.1) is 38.2 Å². The van der Waals surface area contributed by atoms with Gasteiger partial charge in [0.15, 0.2) is 0 Å². The van der Waals surface area contributed by atoms with Gasteiger partial charge in [-0.3, -0.25) is 14.6 Å². The fourth-order valence-electron chi connectivity index (χ4n) is 2.79. The minimum Gasteiger partial charge on any atom is -0.481 e.